The van der Waals surface area contributed by atoms with Gasteiger partial charge in [0.2, 0.25) is 29.5 Å². The quantitative estimate of drug-likeness (QED) is 0.232. The van der Waals surface area contributed by atoms with E-state index in [-0.39, 0.29) is 54.4 Å². The van der Waals surface area contributed by atoms with Crippen molar-refractivity contribution in [2.24, 2.45) is 0 Å². The Balaban J connectivity index is 1.33. The van der Waals surface area contributed by atoms with Crippen LogP contribution in [0.4, 0.5) is 11.6 Å². The highest BCUT2D eigenvalue weighted by Crippen LogP contribution is 2.19. The van der Waals surface area contributed by atoms with Gasteiger partial charge in [0.15, 0.2) is 11.2 Å². The van der Waals surface area contributed by atoms with Crippen molar-refractivity contribution in [2.75, 3.05) is 11.1 Å². The number of nitrogen functional groups attached to an aromatic ring is 1. The number of carboxylic acid groups (broad SMARTS) is 1. The standard InChI is InChI=1S/C23H22N8O7/c24-23-29-19-18(21(36)30-23)27-13(10-26-19)9-25-12-3-1-11(2-4-12)20(35)28-14(22(37)38)5-6-15(32)31-16(33)7-8-17(31)34/h1-4,10,14,25H,5-9H2,(H,28,35)(H,37,38)(H3,24,26,29,30,36). The molecule has 2 aromatic heterocycles. The van der Waals surface area contributed by atoms with Crippen LogP contribution in [0.25, 0.3) is 11.2 Å². The largest absolute Gasteiger partial charge is 0.492 e. The van der Waals surface area contributed by atoms with E-state index < -0.39 is 42.1 Å². The van der Waals surface area contributed by atoms with Crippen LogP contribution in [0.5, 0.6) is 5.88 Å². The second-order valence-corrected chi connectivity index (χ2v) is 8.29. The first kappa shape index (κ1) is 25.9. The number of carbonyl (C=O) groups is 5. The second-order valence-electron chi connectivity index (χ2n) is 8.29. The number of nitrogens with two attached hydrogens (primary N) is 1. The predicted octanol–water partition coefficient (Wildman–Crippen LogP) is -0.0415. The summed E-state index contributed by atoms with van der Waals surface area (Å²) in [5.74, 6) is -4.59. The fourth-order valence-corrected chi connectivity index (χ4v) is 3.70. The second kappa shape index (κ2) is 10.8. The molecule has 196 valence electrons. The molecule has 0 spiro atoms. The molecule has 0 aliphatic carbocycles. The number of carbonyl (C=O) groups excluding carboxylic acids is 4. The minimum absolute atomic E-state index is 0.0573. The summed E-state index contributed by atoms with van der Waals surface area (Å²) in [6.07, 6.45) is 0.648. The van der Waals surface area contributed by atoms with Crippen LogP contribution in [0.15, 0.2) is 30.5 Å². The lowest BCUT2D eigenvalue weighted by atomic mass is 10.1. The van der Waals surface area contributed by atoms with Crippen molar-refractivity contribution in [3.8, 4) is 5.88 Å². The molecule has 0 saturated carbocycles. The number of aromatic nitrogens is 4. The first-order chi connectivity index (χ1) is 18.1. The summed E-state index contributed by atoms with van der Waals surface area (Å²) < 4.78 is 0. The lowest BCUT2D eigenvalue weighted by Gasteiger charge is -2.16. The van der Waals surface area contributed by atoms with E-state index in [9.17, 15) is 34.2 Å². The third-order valence-corrected chi connectivity index (χ3v) is 5.63. The van der Waals surface area contributed by atoms with Gasteiger partial charge in [0, 0.05) is 30.5 Å². The topological polar surface area (TPSA) is 231 Å². The van der Waals surface area contributed by atoms with Crippen molar-refractivity contribution in [1.82, 2.24) is 30.2 Å². The molecule has 0 radical (unpaired) electrons. The number of amides is 4. The molecule has 1 aliphatic heterocycles. The molecule has 6 N–H and O–H groups in total. The number of imide groups is 3. The molecule has 1 saturated heterocycles. The van der Waals surface area contributed by atoms with Gasteiger partial charge in [-0.05, 0) is 30.7 Å². The van der Waals surface area contributed by atoms with Crippen LogP contribution in [0.2, 0.25) is 0 Å². The number of hydrogen-bond acceptors (Lipinski definition) is 12. The molecule has 3 heterocycles. The van der Waals surface area contributed by atoms with Crippen molar-refractivity contribution in [3.05, 3.63) is 41.7 Å². The Bertz CT molecular complexity index is 1430. The first-order valence-corrected chi connectivity index (χ1v) is 11.4. The molecule has 15 nitrogen and oxygen atoms in total. The Hall–Kier alpha value is -5.21. The van der Waals surface area contributed by atoms with Gasteiger partial charge >= 0.3 is 5.97 Å². The maximum absolute atomic E-state index is 12.6. The molecule has 4 rings (SSSR count). The van der Waals surface area contributed by atoms with Gasteiger partial charge in [-0.2, -0.15) is 9.97 Å². The summed E-state index contributed by atoms with van der Waals surface area (Å²) in [5, 5.41) is 24.8. The van der Waals surface area contributed by atoms with Crippen molar-refractivity contribution < 1.29 is 34.2 Å². The molecule has 38 heavy (non-hydrogen) atoms. The highest BCUT2D eigenvalue weighted by atomic mass is 16.4. The number of benzene rings is 1. The summed E-state index contributed by atoms with van der Waals surface area (Å²) in [6.45, 7) is 0.218. The average Bonchev–Trinajstić information content (AvgIpc) is 3.22. The van der Waals surface area contributed by atoms with Crippen molar-refractivity contribution in [3.63, 3.8) is 0 Å². The number of rotatable bonds is 9. The minimum atomic E-state index is -1.40. The van der Waals surface area contributed by atoms with Crippen LogP contribution in [0.3, 0.4) is 0 Å². The Morgan fingerprint density at radius 2 is 1.74 bits per heavy atom. The van der Waals surface area contributed by atoms with Crippen molar-refractivity contribution >= 4 is 52.4 Å². The molecule has 1 fully saturated rings. The molecule has 4 amide bonds. The zero-order valence-corrected chi connectivity index (χ0v) is 19.7. The molecule has 3 aromatic rings. The summed E-state index contributed by atoms with van der Waals surface area (Å²) >= 11 is 0. The van der Waals surface area contributed by atoms with Crippen LogP contribution >= 0.6 is 0 Å². The summed E-state index contributed by atoms with van der Waals surface area (Å²) in [5.41, 5.74) is 6.97. The van der Waals surface area contributed by atoms with E-state index in [4.69, 9.17) is 5.73 Å². The van der Waals surface area contributed by atoms with Crippen LogP contribution in [0, 0.1) is 0 Å². The molecule has 1 aliphatic rings. The molecular weight excluding hydrogens is 500 g/mol. The number of carboxylic acids is 1. The van der Waals surface area contributed by atoms with Gasteiger partial charge in [0.1, 0.15) is 6.04 Å². The van der Waals surface area contributed by atoms with Crippen molar-refractivity contribution in [1.29, 1.82) is 0 Å². The number of aliphatic carboxylic acids is 1. The number of likely N-dealkylation sites (tertiary alicyclic amines) is 1. The predicted molar refractivity (Wildman–Crippen MR) is 129 cm³/mol. The number of anilines is 2. The number of hydrogen-bond donors (Lipinski definition) is 5. The Morgan fingerprint density at radius 1 is 1.05 bits per heavy atom. The lowest BCUT2D eigenvalue weighted by Crippen LogP contribution is -2.42. The Labute approximate surface area is 214 Å². The summed E-state index contributed by atoms with van der Waals surface area (Å²) in [4.78, 5) is 76.1. The van der Waals surface area contributed by atoms with E-state index in [2.05, 4.69) is 30.6 Å². The molecular formula is C23H22N8O7. The molecule has 1 aromatic carbocycles. The van der Waals surface area contributed by atoms with Gasteiger partial charge in [-0.25, -0.2) is 19.7 Å². The Morgan fingerprint density at radius 3 is 2.39 bits per heavy atom. The molecule has 0 bridgehead atoms. The van der Waals surface area contributed by atoms with Gasteiger partial charge < -0.3 is 26.6 Å². The van der Waals surface area contributed by atoms with Crippen LogP contribution in [-0.2, 0) is 25.7 Å². The van der Waals surface area contributed by atoms with Gasteiger partial charge in [-0.3, -0.25) is 19.2 Å². The normalized spacial score (nSPS) is 13.9. The lowest BCUT2D eigenvalue weighted by molar-refractivity contribution is -0.149. The van der Waals surface area contributed by atoms with Crippen LogP contribution < -0.4 is 16.4 Å². The third-order valence-electron chi connectivity index (χ3n) is 5.63. The zero-order chi connectivity index (χ0) is 27.4. The average molecular weight is 522 g/mol. The number of nitrogens with zero attached hydrogens (tertiary/aromatic N) is 5. The number of fused-ring (bicyclic) bond motifs is 1. The fourth-order valence-electron chi connectivity index (χ4n) is 3.70. The van der Waals surface area contributed by atoms with E-state index in [1.807, 2.05) is 0 Å². The van der Waals surface area contributed by atoms with Gasteiger partial charge in [0.25, 0.3) is 5.91 Å². The van der Waals surface area contributed by atoms with Crippen molar-refractivity contribution in [2.45, 2.75) is 38.3 Å². The van der Waals surface area contributed by atoms with E-state index in [0.717, 1.165) is 0 Å². The monoisotopic (exact) mass is 522 g/mol. The highest BCUT2D eigenvalue weighted by Gasteiger charge is 2.34. The molecule has 15 heteroatoms. The maximum atomic E-state index is 12.6. The van der Waals surface area contributed by atoms with Crippen LogP contribution in [-0.4, -0.2) is 70.7 Å². The van der Waals surface area contributed by atoms with E-state index >= 15 is 0 Å². The van der Waals surface area contributed by atoms with E-state index in [0.29, 0.717) is 16.3 Å². The maximum Gasteiger partial charge on any atom is 0.326 e. The fraction of sp³-hybridized carbons (Fsp3) is 0.261. The highest BCUT2D eigenvalue weighted by molar-refractivity contribution is 6.15. The first-order valence-electron chi connectivity index (χ1n) is 11.4. The Kier molecular flexibility index (Phi) is 7.36. The zero-order valence-electron chi connectivity index (χ0n) is 19.7. The number of aromatic hydroxyl groups is 1. The van der Waals surface area contributed by atoms with Gasteiger partial charge in [-0.1, -0.05) is 0 Å². The van der Waals surface area contributed by atoms with E-state index in [1.165, 1.54) is 18.3 Å². The van der Waals surface area contributed by atoms with Gasteiger partial charge in [-0.15, -0.1) is 0 Å². The van der Waals surface area contributed by atoms with Crippen LogP contribution in [0.1, 0.15) is 41.7 Å². The molecule has 1 unspecified atom stereocenters. The molecule has 1 atom stereocenters. The van der Waals surface area contributed by atoms with E-state index in [1.54, 1.807) is 12.1 Å². The van der Waals surface area contributed by atoms with Gasteiger partial charge in [0.05, 0.1) is 18.4 Å². The SMILES string of the molecule is Nc1nc(O)c2nc(CNc3ccc(C(=O)NC(CCC(=O)N4C(=O)CCC4=O)C(=O)O)cc3)cnc2n1. The third kappa shape index (κ3) is 5.77. The minimum Gasteiger partial charge on any atom is -0.492 e. The number of nitrogens with one attached hydrogen (secondary N) is 2. The smallest absolute Gasteiger partial charge is 0.326 e. The summed E-state index contributed by atoms with van der Waals surface area (Å²) in [6, 6.07) is 4.72. The summed E-state index contributed by atoms with van der Waals surface area (Å²) in [7, 11) is 0.